The van der Waals surface area contributed by atoms with Crippen LogP contribution in [0, 0.1) is 0 Å². The van der Waals surface area contributed by atoms with Gasteiger partial charge in [-0.15, -0.1) is 0 Å². The quantitative estimate of drug-likeness (QED) is 0.336. The van der Waals surface area contributed by atoms with Crippen molar-refractivity contribution >= 4 is 67.2 Å². The molecular formula is C23H18Cl2N4O2S. The number of thiazole rings is 1. The average molecular weight is 485 g/mol. The van der Waals surface area contributed by atoms with Crippen molar-refractivity contribution in [2.24, 2.45) is 0 Å². The summed E-state index contributed by atoms with van der Waals surface area (Å²) in [7, 11) is 0. The fourth-order valence-electron chi connectivity index (χ4n) is 3.71. The van der Waals surface area contributed by atoms with Gasteiger partial charge in [-0.3, -0.25) is 9.78 Å². The van der Waals surface area contributed by atoms with Gasteiger partial charge in [0.1, 0.15) is 11.4 Å². The zero-order valence-corrected chi connectivity index (χ0v) is 19.5. The molecule has 0 spiro atoms. The highest BCUT2D eigenvalue weighted by Gasteiger charge is 2.36. The van der Waals surface area contributed by atoms with Gasteiger partial charge in [-0.2, -0.15) is 0 Å². The van der Waals surface area contributed by atoms with E-state index in [-0.39, 0.29) is 5.91 Å². The highest BCUT2D eigenvalue weighted by Crippen LogP contribution is 2.46. The predicted octanol–water partition coefficient (Wildman–Crippen LogP) is 6.71. The van der Waals surface area contributed by atoms with Crippen molar-refractivity contribution in [1.29, 1.82) is 0 Å². The number of amides is 1. The summed E-state index contributed by atoms with van der Waals surface area (Å²) in [4.78, 5) is 21.8. The Kier molecular flexibility index (Phi) is 5.20. The molecule has 162 valence electrons. The molecule has 0 saturated carbocycles. The molecule has 2 aromatic heterocycles. The number of ether oxygens (including phenoxy) is 1. The molecule has 0 fully saturated rings. The molecule has 32 heavy (non-hydrogen) atoms. The van der Waals surface area contributed by atoms with Crippen LogP contribution in [0.1, 0.15) is 29.8 Å². The number of fused-ring (bicyclic) bond motifs is 3. The Morgan fingerprint density at radius 3 is 2.59 bits per heavy atom. The van der Waals surface area contributed by atoms with Crippen LogP contribution in [0.2, 0.25) is 10.0 Å². The van der Waals surface area contributed by atoms with E-state index in [1.54, 1.807) is 6.07 Å². The summed E-state index contributed by atoms with van der Waals surface area (Å²) in [6.07, 6.45) is 3.70. The molecule has 1 amide bonds. The fraction of sp³-hybridized carbons (Fsp3) is 0.174. The first-order valence-corrected chi connectivity index (χ1v) is 11.5. The largest absolute Gasteiger partial charge is 0.486 e. The van der Waals surface area contributed by atoms with E-state index < -0.39 is 5.60 Å². The van der Waals surface area contributed by atoms with Crippen molar-refractivity contribution < 1.29 is 9.53 Å². The molecule has 0 saturated heterocycles. The molecule has 9 heteroatoms. The molecule has 2 aromatic carbocycles. The second-order valence-electron chi connectivity index (χ2n) is 8.06. The highest BCUT2D eigenvalue weighted by atomic mass is 35.5. The molecule has 1 aliphatic rings. The third kappa shape index (κ3) is 3.88. The van der Waals surface area contributed by atoms with Gasteiger partial charge in [0.25, 0.3) is 5.91 Å². The summed E-state index contributed by atoms with van der Waals surface area (Å²) in [6, 6.07) is 11.1. The summed E-state index contributed by atoms with van der Waals surface area (Å²) in [5, 5.41) is 7.54. The maximum absolute atomic E-state index is 13.1. The smallest absolute Gasteiger partial charge is 0.259 e. The van der Waals surface area contributed by atoms with Crippen LogP contribution in [0.25, 0.3) is 10.2 Å². The van der Waals surface area contributed by atoms with Gasteiger partial charge in [0, 0.05) is 30.1 Å². The molecule has 1 aliphatic heterocycles. The number of nitrogens with zero attached hydrogens (tertiary/aromatic N) is 2. The molecule has 0 aliphatic carbocycles. The standard InChI is InChI=1S/C23H18Cl2N4O2S/c1-23(2)9-14-19(31-23)13(21(30)27-12-6-4-3-5-7-12)8-17-20(14)32-22(28-17)29-18-15(24)10-26-11-16(18)25/h3-8,10-11H,9H2,1-2H3,(H,27,30)(H,26,28,29). The Hall–Kier alpha value is -2.87. The second kappa shape index (κ2) is 7.92. The maximum Gasteiger partial charge on any atom is 0.259 e. The van der Waals surface area contributed by atoms with Gasteiger partial charge in [0.2, 0.25) is 0 Å². The van der Waals surface area contributed by atoms with Gasteiger partial charge in [0.15, 0.2) is 5.13 Å². The van der Waals surface area contributed by atoms with Crippen molar-refractivity contribution in [3.8, 4) is 5.75 Å². The Balaban J connectivity index is 1.58. The first-order chi connectivity index (χ1) is 15.3. The van der Waals surface area contributed by atoms with E-state index >= 15 is 0 Å². The molecule has 0 unspecified atom stereocenters. The molecule has 3 heterocycles. The van der Waals surface area contributed by atoms with Crippen molar-refractivity contribution in [2.75, 3.05) is 10.6 Å². The van der Waals surface area contributed by atoms with Gasteiger partial charge < -0.3 is 15.4 Å². The predicted molar refractivity (Wildman–Crippen MR) is 130 cm³/mol. The van der Waals surface area contributed by atoms with E-state index in [0.717, 1.165) is 10.3 Å². The lowest BCUT2D eigenvalue weighted by Gasteiger charge is -2.18. The third-order valence-corrected chi connectivity index (χ3v) is 6.69. The number of aromatic nitrogens is 2. The number of carbonyl (C=O) groups excluding carboxylic acids is 1. The molecule has 2 N–H and O–H groups in total. The number of benzene rings is 2. The number of pyridine rings is 1. The van der Waals surface area contributed by atoms with Crippen LogP contribution in [0.3, 0.4) is 0 Å². The zero-order chi connectivity index (χ0) is 22.5. The Morgan fingerprint density at radius 2 is 1.88 bits per heavy atom. The average Bonchev–Trinajstić information content (AvgIpc) is 3.30. The van der Waals surface area contributed by atoms with E-state index in [2.05, 4.69) is 15.6 Å². The number of hydrogen-bond donors (Lipinski definition) is 2. The van der Waals surface area contributed by atoms with Gasteiger partial charge in [-0.05, 0) is 32.0 Å². The SMILES string of the molecule is CC1(C)Cc2c(c(C(=O)Nc3ccccc3)cc3nc(Nc4c(Cl)cncc4Cl)sc23)O1. The Labute approximate surface area is 198 Å². The lowest BCUT2D eigenvalue weighted by Crippen LogP contribution is -2.25. The molecule has 0 bridgehead atoms. The fourth-order valence-corrected chi connectivity index (χ4v) is 5.16. The summed E-state index contributed by atoms with van der Waals surface area (Å²) in [5.74, 6) is 0.362. The second-order valence-corrected chi connectivity index (χ2v) is 9.87. The molecule has 0 atom stereocenters. The first kappa shape index (κ1) is 21.0. The van der Waals surface area contributed by atoms with Crippen LogP contribution in [-0.2, 0) is 6.42 Å². The summed E-state index contributed by atoms with van der Waals surface area (Å²) < 4.78 is 7.17. The Bertz CT molecular complexity index is 1340. The lowest BCUT2D eigenvalue weighted by molar-refractivity contribution is 0.101. The summed E-state index contributed by atoms with van der Waals surface area (Å²) in [5.41, 5.74) is 2.97. The number of hydrogen-bond acceptors (Lipinski definition) is 6. The summed E-state index contributed by atoms with van der Waals surface area (Å²) in [6.45, 7) is 4.02. The van der Waals surface area contributed by atoms with Crippen LogP contribution >= 0.6 is 34.5 Å². The van der Waals surface area contributed by atoms with E-state index in [1.807, 2.05) is 44.2 Å². The minimum atomic E-state index is -0.423. The number of nitrogens with one attached hydrogen (secondary N) is 2. The third-order valence-electron chi connectivity index (χ3n) is 5.07. The van der Waals surface area contributed by atoms with E-state index in [0.29, 0.717) is 49.8 Å². The van der Waals surface area contributed by atoms with Crippen molar-refractivity contribution in [3.63, 3.8) is 0 Å². The van der Waals surface area contributed by atoms with Crippen LogP contribution in [0.4, 0.5) is 16.5 Å². The maximum atomic E-state index is 13.1. The molecule has 6 nitrogen and oxygen atoms in total. The van der Waals surface area contributed by atoms with Crippen LogP contribution in [0.5, 0.6) is 5.75 Å². The van der Waals surface area contributed by atoms with Crippen LogP contribution < -0.4 is 15.4 Å². The van der Waals surface area contributed by atoms with Crippen molar-refractivity contribution in [2.45, 2.75) is 25.9 Å². The number of rotatable bonds is 4. The van der Waals surface area contributed by atoms with Crippen LogP contribution in [0.15, 0.2) is 48.8 Å². The van der Waals surface area contributed by atoms with E-state index in [1.165, 1.54) is 23.7 Å². The topological polar surface area (TPSA) is 76.1 Å². The van der Waals surface area contributed by atoms with Gasteiger partial charge in [-0.25, -0.2) is 4.98 Å². The number of carbonyl (C=O) groups is 1. The molecule has 5 rings (SSSR count). The monoisotopic (exact) mass is 484 g/mol. The van der Waals surface area contributed by atoms with Crippen molar-refractivity contribution in [1.82, 2.24) is 9.97 Å². The first-order valence-electron chi connectivity index (χ1n) is 9.88. The zero-order valence-electron chi connectivity index (χ0n) is 17.2. The lowest BCUT2D eigenvalue weighted by atomic mass is 9.99. The van der Waals surface area contributed by atoms with E-state index in [9.17, 15) is 4.79 Å². The van der Waals surface area contributed by atoms with Gasteiger partial charge in [-0.1, -0.05) is 52.7 Å². The number of para-hydroxylation sites is 1. The Morgan fingerprint density at radius 1 is 1.16 bits per heavy atom. The minimum Gasteiger partial charge on any atom is -0.486 e. The van der Waals surface area contributed by atoms with E-state index in [4.69, 9.17) is 32.9 Å². The normalized spacial score (nSPS) is 14.1. The van der Waals surface area contributed by atoms with Crippen molar-refractivity contribution in [3.05, 3.63) is 70.0 Å². The highest BCUT2D eigenvalue weighted by molar-refractivity contribution is 7.22. The minimum absolute atomic E-state index is 0.241. The number of halogens is 2. The van der Waals surface area contributed by atoms with Crippen LogP contribution in [-0.4, -0.2) is 21.5 Å². The number of anilines is 3. The van der Waals surface area contributed by atoms with Gasteiger partial charge in [0.05, 0.1) is 31.5 Å². The van der Waals surface area contributed by atoms with Gasteiger partial charge >= 0.3 is 0 Å². The molecule has 4 aromatic rings. The summed E-state index contributed by atoms with van der Waals surface area (Å²) >= 11 is 14.0. The molecule has 0 radical (unpaired) electrons. The molecular weight excluding hydrogens is 467 g/mol.